The monoisotopic (exact) mass is 296 g/mol. The third-order valence-electron chi connectivity index (χ3n) is 5.89. The van der Waals surface area contributed by atoms with Crippen molar-refractivity contribution in [2.75, 3.05) is 19.6 Å². The molecule has 1 fully saturated rings. The maximum Gasteiger partial charge on any atom is 0.111 e. The Hall–Kier alpha value is -1.39. The number of nitrogens with one attached hydrogen (secondary N) is 1. The molecule has 3 heterocycles. The summed E-state index contributed by atoms with van der Waals surface area (Å²) < 4.78 is 2.50. The lowest BCUT2D eigenvalue weighted by atomic mass is 9.91. The van der Waals surface area contributed by atoms with Crippen molar-refractivity contribution in [3.05, 3.63) is 29.1 Å². The molecule has 3 aliphatic rings. The third kappa shape index (κ3) is 1.94. The molecule has 22 heavy (non-hydrogen) atoms. The van der Waals surface area contributed by atoms with Gasteiger partial charge in [-0.05, 0) is 43.0 Å². The standard InChI is InChI=1S/C18H24N4/c1-2-14(3-1)21-9-7-17-20-18-15-6-8-19-12-13(15)4-5-16(18)22(17)11-10-21/h4-5,14,19H,1-3,6-12H2. The number of rotatable bonds is 1. The Morgan fingerprint density at radius 2 is 2.05 bits per heavy atom. The van der Waals surface area contributed by atoms with Crippen LogP contribution in [-0.4, -0.2) is 40.1 Å². The molecular weight excluding hydrogens is 272 g/mol. The fourth-order valence-electron chi connectivity index (χ4n) is 4.36. The van der Waals surface area contributed by atoms with Crippen molar-refractivity contribution in [2.24, 2.45) is 0 Å². The first kappa shape index (κ1) is 13.1. The number of aromatic nitrogens is 2. The van der Waals surface area contributed by atoms with Crippen molar-refractivity contribution in [1.29, 1.82) is 0 Å². The predicted molar refractivity (Wildman–Crippen MR) is 88.1 cm³/mol. The van der Waals surface area contributed by atoms with E-state index in [0.29, 0.717) is 0 Å². The van der Waals surface area contributed by atoms with E-state index in [9.17, 15) is 0 Å². The second-order valence-electron chi connectivity index (χ2n) is 7.05. The van der Waals surface area contributed by atoms with E-state index < -0.39 is 0 Å². The highest BCUT2D eigenvalue weighted by molar-refractivity contribution is 5.81. The molecule has 1 N–H and O–H groups in total. The first-order chi connectivity index (χ1) is 10.9. The third-order valence-corrected chi connectivity index (χ3v) is 5.89. The van der Waals surface area contributed by atoms with Crippen LogP contribution < -0.4 is 5.32 Å². The Morgan fingerprint density at radius 1 is 1.09 bits per heavy atom. The van der Waals surface area contributed by atoms with Gasteiger partial charge >= 0.3 is 0 Å². The van der Waals surface area contributed by atoms with Gasteiger partial charge in [-0.25, -0.2) is 4.98 Å². The minimum absolute atomic E-state index is 0.856. The van der Waals surface area contributed by atoms with Crippen molar-refractivity contribution in [2.45, 2.75) is 51.2 Å². The van der Waals surface area contributed by atoms with Gasteiger partial charge in [0.1, 0.15) is 5.82 Å². The topological polar surface area (TPSA) is 33.1 Å². The van der Waals surface area contributed by atoms with Crippen molar-refractivity contribution >= 4 is 11.0 Å². The Morgan fingerprint density at radius 3 is 2.91 bits per heavy atom. The molecule has 0 radical (unpaired) electrons. The van der Waals surface area contributed by atoms with Crippen LogP contribution in [0.4, 0.5) is 0 Å². The zero-order valence-corrected chi connectivity index (χ0v) is 13.1. The van der Waals surface area contributed by atoms with Crippen LogP contribution in [0, 0.1) is 0 Å². The van der Waals surface area contributed by atoms with E-state index >= 15 is 0 Å². The molecule has 1 aromatic heterocycles. The Balaban J connectivity index is 1.52. The van der Waals surface area contributed by atoms with Crippen LogP contribution in [0.2, 0.25) is 0 Å². The Bertz CT molecular complexity index is 713. The largest absolute Gasteiger partial charge is 0.327 e. The number of benzene rings is 1. The van der Waals surface area contributed by atoms with E-state index in [4.69, 9.17) is 4.98 Å². The maximum atomic E-state index is 5.07. The molecule has 0 bridgehead atoms. The molecule has 0 unspecified atom stereocenters. The fourth-order valence-corrected chi connectivity index (χ4v) is 4.36. The molecular formula is C18H24N4. The zero-order valence-electron chi connectivity index (χ0n) is 13.1. The minimum Gasteiger partial charge on any atom is -0.327 e. The lowest BCUT2D eigenvalue weighted by Crippen LogP contribution is -2.41. The van der Waals surface area contributed by atoms with E-state index in [1.54, 1.807) is 0 Å². The number of hydrogen-bond acceptors (Lipinski definition) is 3. The van der Waals surface area contributed by atoms with Crippen molar-refractivity contribution in [3.63, 3.8) is 0 Å². The zero-order chi connectivity index (χ0) is 14.5. The Labute approximate surface area is 131 Å². The molecule has 0 saturated heterocycles. The van der Waals surface area contributed by atoms with E-state index in [2.05, 4.69) is 26.9 Å². The van der Waals surface area contributed by atoms with Gasteiger partial charge in [-0.15, -0.1) is 0 Å². The van der Waals surface area contributed by atoms with E-state index in [1.165, 1.54) is 60.3 Å². The average molecular weight is 296 g/mol. The molecule has 1 aromatic carbocycles. The predicted octanol–water partition coefficient (Wildman–Crippen LogP) is 2.09. The van der Waals surface area contributed by atoms with E-state index in [0.717, 1.165) is 38.5 Å². The molecule has 1 saturated carbocycles. The smallest absolute Gasteiger partial charge is 0.111 e. The Kier molecular flexibility index (Phi) is 3.01. The highest BCUT2D eigenvalue weighted by atomic mass is 15.2. The second-order valence-corrected chi connectivity index (χ2v) is 7.05. The summed E-state index contributed by atoms with van der Waals surface area (Å²) in [5.41, 5.74) is 5.59. The van der Waals surface area contributed by atoms with Gasteiger partial charge < -0.3 is 9.88 Å². The molecule has 5 rings (SSSR count). The van der Waals surface area contributed by atoms with Crippen molar-refractivity contribution < 1.29 is 0 Å². The minimum atomic E-state index is 0.856. The number of fused-ring (bicyclic) bond motifs is 5. The summed E-state index contributed by atoms with van der Waals surface area (Å²) in [6.07, 6.45) is 6.47. The van der Waals surface area contributed by atoms with Crippen molar-refractivity contribution in [1.82, 2.24) is 19.8 Å². The average Bonchev–Trinajstić information content (AvgIpc) is 2.74. The summed E-state index contributed by atoms with van der Waals surface area (Å²) in [6.45, 7) is 5.59. The van der Waals surface area contributed by atoms with Crippen molar-refractivity contribution in [3.8, 4) is 0 Å². The van der Waals surface area contributed by atoms with Crippen LogP contribution in [-0.2, 0) is 25.9 Å². The van der Waals surface area contributed by atoms with Gasteiger partial charge in [-0.1, -0.05) is 12.5 Å². The highest BCUT2D eigenvalue weighted by Crippen LogP contribution is 2.29. The molecule has 2 aromatic rings. The van der Waals surface area contributed by atoms with Gasteiger partial charge in [0.25, 0.3) is 0 Å². The maximum absolute atomic E-state index is 5.07. The molecule has 0 amide bonds. The van der Waals surface area contributed by atoms with Crippen LogP contribution in [0.1, 0.15) is 36.2 Å². The number of hydrogen-bond donors (Lipinski definition) is 1. The summed E-state index contributed by atoms with van der Waals surface area (Å²) in [5.74, 6) is 1.31. The summed E-state index contributed by atoms with van der Waals surface area (Å²) in [6, 6.07) is 5.47. The first-order valence-electron chi connectivity index (χ1n) is 8.85. The lowest BCUT2D eigenvalue weighted by molar-refractivity contribution is 0.130. The first-order valence-corrected chi connectivity index (χ1v) is 8.85. The van der Waals surface area contributed by atoms with Gasteiger partial charge in [-0.2, -0.15) is 0 Å². The van der Waals surface area contributed by atoms with Gasteiger partial charge in [-0.3, -0.25) is 4.90 Å². The lowest BCUT2D eigenvalue weighted by Gasteiger charge is -2.36. The molecule has 0 spiro atoms. The normalized spacial score (nSPS) is 22.9. The number of imidazole rings is 1. The van der Waals surface area contributed by atoms with Gasteiger partial charge in [0.15, 0.2) is 0 Å². The van der Waals surface area contributed by atoms with E-state index in [1.807, 2.05) is 0 Å². The van der Waals surface area contributed by atoms with Crippen LogP contribution in [0.3, 0.4) is 0 Å². The molecule has 116 valence electrons. The highest BCUT2D eigenvalue weighted by Gasteiger charge is 2.27. The molecule has 1 aliphatic carbocycles. The van der Waals surface area contributed by atoms with Gasteiger partial charge in [0.05, 0.1) is 11.0 Å². The van der Waals surface area contributed by atoms with E-state index in [-0.39, 0.29) is 0 Å². The summed E-state index contributed by atoms with van der Waals surface area (Å²) in [7, 11) is 0. The number of nitrogens with zero attached hydrogens (tertiary/aromatic N) is 3. The summed E-state index contributed by atoms with van der Waals surface area (Å²) in [5, 5.41) is 3.47. The van der Waals surface area contributed by atoms with Crippen LogP contribution in [0.25, 0.3) is 11.0 Å². The van der Waals surface area contributed by atoms with Crippen LogP contribution in [0.5, 0.6) is 0 Å². The molecule has 2 aliphatic heterocycles. The SMILES string of the molecule is c1cc2c(nc3n2CCN(C2CCC2)CC3)c2c1CNCC2. The van der Waals surface area contributed by atoms with Crippen LogP contribution >= 0.6 is 0 Å². The van der Waals surface area contributed by atoms with Gasteiger partial charge in [0.2, 0.25) is 0 Å². The fraction of sp³-hybridized carbons (Fsp3) is 0.611. The van der Waals surface area contributed by atoms with Gasteiger partial charge in [0, 0.05) is 38.6 Å². The molecule has 4 heteroatoms. The summed E-state index contributed by atoms with van der Waals surface area (Å²) >= 11 is 0. The molecule has 4 nitrogen and oxygen atoms in total. The quantitative estimate of drug-likeness (QED) is 0.875. The summed E-state index contributed by atoms with van der Waals surface area (Å²) in [4.78, 5) is 7.77. The second kappa shape index (κ2) is 5.07. The molecule has 0 atom stereocenters. The van der Waals surface area contributed by atoms with Crippen LogP contribution in [0.15, 0.2) is 12.1 Å².